The predicted octanol–water partition coefficient (Wildman–Crippen LogP) is 2.12. The number of primary amides is 1. The second-order valence-corrected chi connectivity index (χ2v) is 5.13. The van der Waals surface area contributed by atoms with Gasteiger partial charge in [-0.1, -0.05) is 0 Å². The summed E-state index contributed by atoms with van der Waals surface area (Å²) in [6, 6.07) is 0. The number of anilines is 1. The van der Waals surface area contributed by atoms with Crippen LogP contribution in [0.15, 0.2) is 0 Å². The summed E-state index contributed by atoms with van der Waals surface area (Å²) in [5, 5.41) is 0. The molecule has 0 bridgehead atoms. The van der Waals surface area contributed by atoms with Crippen LogP contribution in [0.2, 0.25) is 0 Å². The molecule has 1 amide bonds. The van der Waals surface area contributed by atoms with Gasteiger partial charge >= 0.3 is 0 Å². The van der Waals surface area contributed by atoms with Crippen molar-refractivity contribution in [3.8, 4) is 0 Å². The second-order valence-electron chi connectivity index (χ2n) is 5.13. The van der Waals surface area contributed by atoms with Crippen LogP contribution in [0.5, 0.6) is 0 Å². The molecule has 0 aliphatic carbocycles. The minimum absolute atomic E-state index is 0.00987. The molecule has 8 heteroatoms. The Kier molecular flexibility index (Phi) is 4.64. The van der Waals surface area contributed by atoms with E-state index >= 15 is 0 Å². The highest BCUT2D eigenvalue weighted by Gasteiger charge is 2.29. The van der Waals surface area contributed by atoms with Gasteiger partial charge in [0.25, 0.3) is 11.9 Å². The van der Waals surface area contributed by atoms with Crippen molar-refractivity contribution < 1.29 is 22.4 Å². The molecule has 21 heavy (non-hydrogen) atoms. The number of rotatable bonds is 4. The maximum absolute atomic E-state index is 13.7. The van der Waals surface area contributed by atoms with E-state index in [4.69, 9.17) is 5.73 Å². The van der Waals surface area contributed by atoms with Crippen molar-refractivity contribution >= 4 is 11.6 Å². The summed E-state index contributed by atoms with van der Waals surface area (Å²) in [6.07, 6.45) is 2.02. The van der Waals surface area contributed by atoms with Gasteiger partial charge in [-0.15, -0.1) is 0 Å². The Morgan fingerprint density at radius 3 is 2.43 bits per heavy atom. The summed E-state index contributed by atoms with van der Waals surface area (Å²) in [7, 11) is 0. The van der Waals surface area contributed by atoms with E-state index < -0.39 is 35.1 Å². The molecule has 4 nitrogen and oxygen atoms in total. The number of nitrogens with two attached hydrogens (primary N) is 1. The summed E-state index contributed by atoms with van der Waals surface area (Å²) in [5.41, 5.74) is 4.33. The molecule has 2 N–H and O–H groups in total. The first-order chi connectivity index (χ1) is 9.90. The molecule has 0 spiro atoms. The van der Waals surface area contributed by atoms with Crippen LogP contribution in [0.4, 0.5) is 23.2 Å². The molecular formula is C13H15F4N3O. The molecular weight excluding hydrogens is 290 g/mol. The molecule has 1 saturated heterocycles. The maximum atomic E-state index is 13.7. The molecule has 1 aliphatic heterocycles. The van der Waals surface area contributed by atoms with Gasteiger partial charge in [-0.2, -0.15) is 22.5 Å². The molecule has 1 aromatic rings. The summed E-state index contributed by atoms with van der Waals surface area (Å²) in [6.45, 7) is 0.494. The Morgan fingerprint density at radius 1 is 1.24 bits per heavy atom. The standard InChI is InChI=1S/C13H15F4N3O/c14-9-11(10(15)13(17)19-12(9)16)20-5-1-2-7(6-20)3-4-8(18)21/h7H,1-6H2,(H2,18,21). The van der Waals surface area contributed by atoms with Crippen LogP contribution in [-0.2, 0) is 4.79 Å². The van der Waals surface area contributed by atoms with Crippen LogP contribution < -0.4 is 10.6 Å². The number of carbonyl (C=O) groups excluding carboxylic acids is 1. The molecule has 2 rings (SSSR count). The average molecular weight is 305 g/mol. The van der Waals surface area contributed by atoms with E-state index in [1.165, 1.54) is 4.90 Å². The fraction of sp³-hybridized carbons (Fsp3) is 0.538. The molecule has 2 heterocycles. The van der Waals surface area contributed by atoms with Crippen molar-refractivity contribution in [1.29, 1.82) is 0 Å². The zero-order valence-electron chi connectivity index (χ0n) is 11.2. The van der Waals surface area contributed by atoms with Gasteiger partial charge in [0.1, 0.15) is 5.69 Å². The first-order valence-corrected chi connectivity index (χ1v) is 6.63. The number of amides is 1. The van der Waals surface area contributed by atoms with Crippen LogP contribution in [-0.4, -0.2) is 24.0 Å². The lowest BCUT2D eigenvalue weighted by atomic mass is 9.93. The van der Waals surface area contributed by atoms with Gasteiger partial charge in [-0.05, 0) is 25.2 Å². The molecule has 1 fully saturated rings. The molecule has 0 radical (unpaired) electrons. The van der Waals surface area contributed by atoms with E-state index in [0.29, 0.717) is 12.8 Å². The van der Waals surface area contributed by atoms with Crippen LogP contribution >= 0.6 is 0 Å². The van der Waals surface area contributed by atoms with Gasteiger partial charge in [0.2, 0.25) is 17.5 Å². The minimum atomic E-state index is -1.66. The first kappa shape index (κ1) is 15.5. The van der Waals surface area contributed by atoms with Gasteiger partial charge in [0.05, 0.1) is 0 Å². The fourth-order valence-corrected chi connectivity index (χ4v) is 2.60. The van der Waals surface area contributed by atoms with E-state index in [0.717, 1.165) is 6.42 Å². The largest absolute Gasteiger partial charge is 0.370 e. The van der Waals surface area contributed by atoms with E-state index in [2.05, 4.69) is 4.98 Å². The Labute approximate surface area is 118 Å². The number of nitrogens with zero attached hydrogens (tertiary/aromatic N) is 2. The molecule has 0 aromatic carbocycles. The van der Waals surface area contributed by atoms with E-state index in [1.54, 1.807) is 0 Å². The first-order valence-electron chi connectivity index (χ1n) is 6.63. The number of aromatic nitrogens is 1. The lowest BCUT2D eigenvalue weighted by molar-refractivity contribution is -0.118. The van der Waals surface area contributed by atoms with E-state index in [9.17, 15) is 22.4 Å². The molecule has 1 atom stereocenters. The highest BCUT2D eigenvalue weighted by molar-refractivity contribution is 5.73. The number of halogens is 4. The van der Waals surface area contributed by atoms with E-state index in [1.807, 2.05) is 0 Å². The topological polar surface area (TPSA) is 59.2 Å². The van der Waals surface area contributed by atoms with Crippen molar-refractivity contribution in [2.24, 2.45) is 11.7 Å². The SMILES string of the molecule is NC(=O)CCC1CCCN(c2c(F)c(F)nc(F)c2F)C1. The van der Waals surface area contributed by atoms with Crippen molar-refractivity contribution in [2.45, 2.75) is 25.7 Å². The number of carbonyl (C=O) groups is 1. The Morgan fingerprint density at radius 2 is 1.86 bits per heavy atom. The van der Waals surface area contributed by atoms with Crippen molar-refractivity contribution in [3.63, 3.8) is 0 Å². The smallest absolute Gasteiger partial charge is 0.253 e. The quantitative estimate of drug-likeness (QED) is 0.685. The normalized spacial score (nSPS) is 18.9. The number of pyridine rings is 1. The van der Waals surface area contributed by atoms with Crippen LogP contribution in [0.25, 0.3) is 0 Å². The Bertz CT molecular complexity index is 526. The summed E-state index contributed by atoms with van der Waals surface area (Å²) < 4.78 is 53.7. The number of hydrogen-bond acceptors (Lipinski definition) is 3. The molecule has 0 saturated carbocycles. The third-order valence-corrected chi connectivity index (χ3v) is 3.61. The molecule has 116 valence electrons. The van der Waals surface area contributed by atoms with Gasteiger partial charge in [-0.3, -0.25) is 4.79 Å². The summed E-state index contributed by atoms with van der Waals surface area (Å²) in [5.74, 6) is -6.78. The van der Waals surface area contributed by atoms with Gasteiger partial charge in [0.15, 0.2) is 0 Å². The molecule has 1 aliphatic rings. The van der Waals surface area contributed by atoms with Crippen LogP contribution in [0.3, 0.4) is 0 Å². The summed E-state index contributed by atoms with van der Waals surface area (Å²) in [4.78, 5) is 14.6. The zero-order chi connectivity index (χ0) is 15.6. The van der Waals surface area contributed by atoms with Gasteiger partial charge in [-0.25, -0.2) is 0 Å². The van der Waals surface area contributed by atoms with Gasteiger partial charge in [0, 0.05) is 19.5 Å². The Hall–Kier alpha value is -1.86. The minimum Gasteiger partial charge on any atom is -0.370 e. The van der Waals surface area contributed by atoms with Crippen molar-refractivity contribution in [1.82, 2.24) is 4.98 Å². The van der Waals surface area contributed by atoms with E-state index in [-0.39, 0.29) is 25.4 Å². The zero-order valence-corrected chi connectivity index (χ0v) is 11.2. The maximum Gasteiger partial charge on any atom is 0.253 e. The third-order valence-electron chi connectivity index (χ3n) is 3.61. The van der Waals surface area contributed by atoms with Crippen molar-refractivity contribution in [3.05, 3.63) is 23.5 Å². The number of piperidine rings is 1. The predicted molar refractivity (Wildman–Crippen MR) is 67.4 cm³/mol. The van der Waals surface area contributed by atoms with Crippen LogP contribution in [0.1, 0.15) is 25.7 Å². The highest BCUT2D eigenvalue weighted by Crippen LogP contribution is 2.31. The fourth-order valence-electron chi connectivity index (χ4n) is 2.60. The molecule has 1 unspecified atom stereocenters. The number of hydrogen-bond donors (Lipinski definition) is 1. The van der Waals surface area contributed by atoms with Gasteiger partial charge < -0.3 is 10.6 Å². The van der Waals surface area contributed by atoms with Crippen molar-refractivity contribution in [2.75, 3.05) is 18.0 Å². The van der Waals surface area contributed by atoms with Crippen LogP contribution in [0, 0.1) is 29.4 Å². The molecule has 1 aromatic heterocycles. The second kappa shape index (κ2) is 6.28. The lowest BCUT2D eigenvalue weighted by Gasteiger charge is -2.34. The average Bonchev–Trinajstić information content (AvgIpc) is 2.44. The third kappa shape index (κ3) is 3.43. The Balaban J connectivity index is 2.20. The lowest BCUT2D eigenvalue weighted by Crippen LogP contribution is -2.37. The highest BCUT2D eigenvalue weighted by atomic mass is 19.2. The summed E-state index contributed by atoms with van der Waals surface area (Å²) >= 11 is 0. The monoisotopic (exact) mass is 305 g/mol.